The highest BCUT2D eigenvalue weighted by molar-refractivity contribution is 5.73. The third-order valence-electron chi connectivity index (χ3n) is 3.74. The van der Waals surface area contributed by atoms with E-state index in [1.807, 2.05) is 19.2 Å². The Balaban J connectivity index is 0.000000351. The van der Waals surface area contributed by atoms with E-state index in [9.17, 15) is 13.2 Å². The Labute approximate surface area is 138 Å². The lowest BCUT2D eigenvalue weighted by Gasteiger charge is -2.31. The number of alkyl halides is 3. The van der Waals surface area contributed by atoms with Crippen LogP contribution >= 0.6 is 0 Å². The number of halogens is 3. The molecule has 0 spiro atoms. The number of aliphatic carboxylic acids is 1. The van der Waals surface area contributed by atoms with Gasteiger partial charge in [0.25, 0.3) is 0 Å². The first kappa shape index (κ1) is 20.2. The highest BCUT2D eigenvalue weighted by Crippen LogP contribution is 2.21. The van der Waals surface area contributed by atoms with Crippen LogP contribution in [0.1, 0.15) is 12.0 Å². The Kier molecular flexibility index (Phi) is 8.00. The van der Waals surface area contributed by atoms with Crippen LogP contribution < -0.4 is 10.1 Å². The molecule has 2 atom stereocenters. The zero-order valence-corrected chi connectivity index (χ0v) is 13.6. The monoisotopic (exact) mass is 349 g/mol. The van der Waals surface area contributed by atoms with Crippen LogP contribution in [0, 0.1) is 5.92 Å². The minimum atomic E-state index is -5.08. The molecular weight excluding hydrogens is 327 g/mol. The molecular formula is C16H22F3NO4. The number of methoxy groups -OCH3 is 2. The summed E-state index contributed by atoms with van der Waals surface area (Å²) in [5, 5.41) is 10.6. The fourth-order valence-corrected chi connectivity index (χ4v) is 2.48. The van der Waals surface area contributed by atoms with Crippen LogP contribution in [0.3, 0.4) is 0 Å². The van der Waals surface area contributed by atoms with Crippen LogP contribution in [0.25, 0.3) is 0 Å². The molecule has 2 N–H and O–H groups in total. The molecule has 0 aromatic heterocycles. The number of hydrogen-bond donors (Lipinski definition) is 2. The topological polar surface area (TPSA) is 67.8 Å². The van der Waals surface area contributed by atoms with Gasteiger partial charge in [-0.2, -0.15) is 13.2 Å². The largest absolute Gasteiger partial charge is 0.497 e. The van der Waals surface area contributed by atoms with Crippen molar-refractivity contribution in [1.29, 1.82) is 0 Å². The number of benzene rings is 1. The molecule has 0 amide bonds. The average Bonchev–Trinajstić information content (AvgIpc) is 2.56. The summed E-state index contributed by atoms with van der Waals surface area (Å²) in [6.45, 7) is 2.11. The lowest BCUT2D eigenvalue weighted by Crippen LogP contribution is -2.41. The number of ether oxygens (including phenoxy) is 2. The first-order chi connectivity index (χ1) is 11.3. The van der Waals surface area contributed by atoms with Gasteiger partial charge in [0, 0.05) is 19.6 Å². The molecule has 0 radical (unpaired) electrons. The van der Waals surface area contributed by atoms with Crippen molar-refractivity contribution < 1.29 is 32.5 Å². The predicted octanol–water partition coefficient (Wildman–Crippen LogP) is 2.50. The van der Waals surface area contributed by atoms with E-state index in [4.69, 9.17) is 19.4 Å². The molecule has 0 aliphatic carbocycles. The van der Waals surface area contributed by atoms with E-state index in [2.05, 4.69) is 17.4 Å². The van der Waals surface area contributed by atoms with Gasteiger partial charge in [0.05, 0.1) is 13.2 Å². The van der Waals surface area contributed by atoms with E-state index in [-0.39, 0.29) is 0 Å². The minimum Gasteiger partial charge on any atom is -0.497 e. The molecule has 0 bridgehead atoms. The van der Waals surface area contributed by atoms with Gasteiger partial charge in [0.1, 0.15) is 5.75 Å². The molecule has 1 fully saturated rings. The summed E-state index contributed by atoms with van der Waals surface area (Å²) in [6.07, 6.45) is -2.52. The number of nitrogens with one attached hydrogen (secondary N) is 1. The Hall–Kier alpha value is -1.80. The smallest absolute Gasteiger partial charge is 0.490 e. The summed E-state index contributed by atoms with van der Waals surface area (Å²) in [5.41, 5.74) is 1.35. The van der Waals surface area contributed by atoms with Crippen molar-refractivity contribution >= 4 is 5.97 Å². The number of piperidine rings is 1. The molecule has 0 unspecified atom stereocenters. The predicted molar refractivity (Wildman–Crippen MR) is 82.2 cm³/mol. The maximum Gasteiger partial charge on any atom is 0.490 e. The second-order valence-electron chi connectivity index (χ2n) is 5.38. The number of hydrogen-bond acceptors (Lipinski definition) is 4. The van der Waals surface area contributed by atoms with Crippen molar-refractivity contribution in [2.75, 3.05) is 27.3 Å². The zero-order valence-electron chi connectivity index (χ0n) is 13.6. The molecule has 24 heavy (non-hydrogen) atoms. The maximum atomic E-state index is 10.6. The van der Waals surface area contributed by atoms with Crippen molar-refractivity contribution in [3.05, 3.63) is 29.8 Å². The Bertz CT molecular complexity index is 505. The molecule has 1 aliphatic heterocycles. The SMILES string of the molecule is COc1ccc(C[C@H]2CNCC[C@H]2OC)cc1.O=C(O)C(F)(F)F. The molecule has 1 aromatic rings. The summed E-state index contributed by atoms with van der Waals surface area (Å²) in [7, 11) is 3.51. The van der Waals surface area contributed by atoms with Crippen LogP contribution in [0.2, 0.25) is 0 Å². The van der Waals surface area contributed by atoms with Gasteiger partial charge >= 0.3 is 12.1 Å². The number of carboxylic acid groups (broad SMARTS) is 1. The van der Waals surface area contributed by atoms with Gasteiger partial charge in [-0.25, -0.2) is 4.79 Å². The molecule has 1 aliphatic rings. The van der Waals surface area contributed by atoms with Crippen LogP contribution in [0.15, 0.2) is 24.3 Å². The highest BCUT2D eigenvalue weighted by atomic mass is 19.4. The first-order valence-corrected chi connectivity index (χ1v) is 7.44. The fraction of sp³-hybridized carbons (Fsp3) is 0.562. The molecule has 136 valence electrons. The standard InChI is InChI=1S/C14H21NO2.C2HF3O2/c1-16-13-5-3-11(4-6-13)9-12-10-15-8-7-14(12)17-2;3-2(4,5)1(6)7/h3-6,12,14-15H,7-10H2,1-2H3;(H,6,7)/t12-,14+;/m0./s1. The van der Waals surface area contributed by atoms with Crippen molar-refractivity contribution in [3.63, 3.8) is 0 Å². The van der Waals surface area contributed by atoms with E-state index >= 15 is 0 Å². The van der Waals surface area contributed by atoms with Gasteiger partial charge in [-0.3, -0.25) is 0 Å². The molecule has 8 heteroatoms. The van der Waals surface area contributed by atoms with Crippen LogP contribution in [-0.2, 0) is 16.0 Å². The first-order valence-electron chi connectivity index (χ1n) is 7.44. The zero-order chi connectivity index (χ0) is 18.2. The van der Waals surface area contributed by atoms with Gasteiger partial charge < -0.3 is 19.9 Å². The molecule has 5 nitrogen and oxygen atoms in total. The van der Waals surface area contributed by atoms with Crippen LogP contribution in [0.5, 0.6) is 5.75 Å². The second kappa shape index (κ2) is 9.48. The summed E-state index contributed by atoms with van der Waals surface area (Å²) < 4.78 is 42.5. The van der Waals surface area contributed by atoms with Gasteiger partial charge in [-0.1, -0.05) is 12.1 Å². The Morgan fingerprint density at radius 3 is 2.33 bits per heavy atom. The summed E-state index contributed by atoms with van der Waals surface area (Å²) in [4.78, 5) is 8.90. The van der Waals surface area contributed by atoms with E-state index in [1.54, 1.807) is 7.11 Å². The van der Waals surface area contributed by atoms with Gasteiger partial charge in [0.2, 0.25) is 0 Å². The van der Waals surface area contributed by atoms with Gasteiger partial charge in [0.15, 0.2) is 0 Å². The van der Waals surface area contributed by atoms with Crippen molar-refractivity contribution in [2.45, 2.75) is 25.1 Å². The summed E-state index contributed by atoms with van der Waals surface area (Å²) >= 11 is 0. The molecule has 2 rings (SSSR count). The molecule has 1 heterocycles. The van der Waals surface area contributed by atoms with E-state index in [1.165, 1.54) is 5.56 Å². The normalized spacial score (nSPS) is 20.7. The van der Waals surface area contributed by atoms with Crippen molar-refractivity contribution in [3.8, 4) is 5.75 Å². The van der Waals surface area contributed by atoms with Crippen molar-refractivity contribution in [1.82, 2.24) is 5.32 Å². The average molecular weight is 349 g/mol. The van der Waals surface area contributed by atoms with Gasteiger partial charge in [-0.05, 0) is 37.1 Å². The Morgan fingerprint density at radius 2 is 1.88 bits per heavy atom. The second-order valence-corrected chi connectivity index (χ2v) is 5.38. The minimum absolute atomic E-state index is 0.387. The van der Waals surface area contributed by atoms with E-state index in [0.717, 1.165) is 31.7 Å². The fourth-order valence-electron chi connectivity index (χ4n) is 2.48. The maximum absolute atomic E-state index is 10.6. The quantitative estimate of drug-likeness (QED) is 0.874. The van der Waals surface area contributed by atoms with Crippen LogP contribution in [-0.4, -0.2) is 50.7 Å². The van der Waals surface area contributed by atoms with Crippen molar-refractivity contribution in [2.24, 2.45) is 5.92 Å². The number of carboxylic acids is 1. The van der Waals surface area contributed by atoms with E-state index in [0.29, 0.717) is 12.0 Å². The number of carbonyl (C=O) groups is 1. The van der Waals surface area contributed by atoms with E-state index < -0.39 is 12.1 Å². The molecule has 1 aromatic carbocycles. The molecule has 0 saturated carbocycles. The lowest BCUT2D eigenvalue weighted by molar-refractivity contribution is -0.192. The third-order valence-corrected chi connectivity index (χ3v) is 3.74. The highest BCUT2D eigenvalue weighted by Gasteiger charge is 2.38. The summed E-state index contributed by atoms with van der Waals surface area (Å²) in [5.74, 6) is -1.27. The van der Waals surface area contributed by atoms with Crippen LogP contribution in [0.4, 0.5) is 13.2 Å². The summed E-state index contributed by atoms with van der Waals surface area (Å²) in [6, 6.07) is 8.32. The Morgan fingerprint density at radius 1 is 1.29 bits per heavy atom. The van der Waals surface area contributed by atoms with Gasteiger partial charge in [-0.15, -0.1) is 0 Å². The number of rotatable bonds is 4. The molecule has 1 saturated heterocycles. The third kappa shape index (κ3) is 6.76. The lowest BCUT2D eigenvalue weighted by atomic mass is 9.89.